The molecule has 3 rings (SSSR count). The Balaban J connectivity index is 1.83. The number of nitrogens with zero attached hydrogens (tertiary/aromatic N) is 3. The molecule has 3 N–H and O–H groups in total. The van der Waals surface area contributed by atoms with Gasteiger partial charge in [-0.15, -0.1) is 0 Å². The first-order valence-corrected chi connectivity index (χ1v) is 7.73. The molecule has 0 saturated carbocycles. The second kappa shape index (κ2) is 5.42. The molecule has 0 saturated heterocycles. The van der Waals surface area contributed by atoms with Crippen LogP contribution in [0.25, 0.3) is 4.96 Å². The van der Waals surface area contributed by atoms with Crippen molar-refractivity contribution in [3.8, 4) is 0 Å². The van der Waals surface area contributed by atoms with Gasteiger partial charge in [0.2, 0.25) is 10.9 Å². The molecule has 0 fully saturated rings. The van der Waals surface area contributed by atoms with Crippen molar-refractivity contribution in [2.75, 3.05) is 5.32 Å². The van der Waals surface area contributed by atoms with Crippen LogP contribution >= 0.6 is 11.3 Å². The topological polar surface area (TPSA) is 85.3 Å². The van der Waals surface area contributed by atoms with E-state index in [2.05, 4.69) is 15.4 Å². The van der Waals surface area contributed by atoms with Crippen LogP contribution in [0.5, 0.6) is 0 Å². The Kier molecular flexibility index (Phi) is 3.58. The minimum atomic E-state index is -0.407. The smallest absolute Gasteiger partial charge is 0.248 e. The van der Waals surface area contributed by atoms with E-state index in [1.807, 2.05) is 37.4 Å². The zero-order chi connectivity index (χ0) is 15.9. The Morgan fingerprint density at radius 2 is 2.14 bits per heavy atom. The molecule has 2 aromatic heterocycles. The van der Waals surface area contributed by atoms with Crippen LogP contribution in [0.1, 0.15) is 32.3 Å². The molecule has 0 unspecified atom stereocenters. The third-order valence-electron chi connectivity index (χ3n) is 3.55. The lowest BCUT2D eigenvalue weighted by atomic mass is 10.1. The standard InChI is InChI=1S/C15H17N5OS/c1-8-6-11(4-5-12(8)14(16)21)17-7-13-9(2)18-15-20(13)19-10(3)22-15/h4-6,17H,7H2,1-3H3,(H2,16,21). The number of aryl methyl sites for hydroxylation is 3. The zero-order valence-electron chi connectivity index (χ0n) is 12.7. The summed E-state index contributed by atoms with van der Waals surface area (Å²) < 4.78 is 1.88. The van der Waals surface area contributed by atoms with E-state index in [1.165, 1.54) is 0 Å². The van der Waals surface area contributed by atoms with Crippen LogP contribution in [0.2, 0.25) is 0 Å². The second-order valence-corrected chi connectivity index (χ2v) is 6.37. The number of imidazole rings is 1. The molecule has 1 aromatic carbocycles. The lowest BCUT2D eigenvalue weighted by Crippen LogP contribution is -2.13. The summed E-state index contributed by atoms with van der Waals surface area (Å²) in [4.78, 5) is 16.7. The Morgan fingerprint density at radius 3 is 2.82 bits per heavy atom. The fourth-order valence-corrected chi connectivity index (χ4v) is 3.23. The van der Waals surface area contributed by atoms with Crippen molar-refractivity contribution < 1.29 is 4.79 Å². The van der Waals surface area contributed by atoms with Gasteiger partial charge in [-0.2, -0.15) is 5.10 Å². The summed E-state index contributed by atoms with van der Waals surface area (Å²) in [5, 5.41) is 8.81. The molecule has 1 amide bonds. The van der Waals surface area contributed by atoms with Crippen LogP contribution in [0, 0.1) is 20.8 Å². The number of carbonyl (C=O) groups excluding carboxylic acids is 1. The zero-order valence-corrected chi connectivity index (χ0v) is 13.5. The number of hydrogen-bond acceptors (Lipinski definition) is 5. The second-order valence-electron chi connectivity index (χ2n) is 5.21. The van der Waals surface area contributed by atoms with Crippen molar-refractivity contribution in [2.24, 2.45) is 5.73 Å². The predicted molar refractivity (Wildman–Crippen MR) is 87.4 cm³/mol. The highest BCUT2D eigenvalue weighted by Gasteiger charge is 2.12. The Bertz CT molecular complexity index is 864. The lowest BCUT2D eigenvalue weighted by Gasteiger charge is -2.09. The van der Waals surface area contributed by atoms with Gasteiger partial charge < -0.3 is 11.1 Å². The predicted octanol–water partition coefficient (Wildman–Crippen LogP) is 2.43. The molecule has 0 aliphatic carbocycles. The molecule has 0 spiro atoms. The number of hydrogen-bond donors (Lipinski definition) is 2. The van der Waals surface area contributed by atoms with Crippen molar-refractivity contribution in [1.29, 1.82) is 0 Å². The quantitative estimate of drug-likeness (QED) is 0.774. The fraction of sp³-hybridized carbons (Fsp3) is 0.267. The summed E-state index contributed by atoms with van der Waals surface area (Å²) in [5.74, 6) is -0.407. The minimum Gasteiger partial charge on any atom is -0.379 e. The van der Waals surface area contributed by atoms with E-state index in [9.17, 15) is 4.79 Å². The number of benzene rings is 1. The monoisotopic (exact) mass is 315 g/mol. The third-order valence-corrected chi connectivity index (χ3v) is 4.37. The minimum absolute atomic E-state index is 0.407. The summed E-state index contributed by atoms with van der Waals surface area (Å²) in [6.45, 7) is 6.44. The maximum Gasteiger partial charge on any atom is 0.248 e. The molecule has 114 valence electrons. The van der Waals surface area contributed by atoms with Gasteiger partial charge in [-0.25, -0.2) is 9.50 Å². The molecule has 7 heteroatoms. The van der Waals surface area contributed by atoms with Gasteiger partial charge in [0.25, 0.3) is 0 Å². The molecule has 3 aromatic rings. The van der Waals surface area contributed by atoms with Crippen molar-refractivity contribution in [3.05, 3.63) is 45.7 Å². The van der Waals surface area contributed by atoms with Gasteiger partial charge in [0.15, 0.2) is 0 Å². The number of nitrogens with one attached hydrogen (secondary N) is 1. The normalized spacial score (nSPS) is 11.0. The molecular formula is C15H17N5OS. The van der Waals surface area contributed by atoms with E-state index in [0.29, 0.717) is 12.1 Å². The van der Waals surface area contributed by atoms with Gasteiger partial charge in [0, 0.05) is 11.3 Å². The van der Waals surface area contributed by atoms with Crippen molar-refractivity contribution in [1.82, 2.24) is 14.6 Å². The number of anilines is 1. The molecule has 6 nitrogen and oxygen atoms in total. The van der Waals surface area contributed by atoms with E-state index in [0.717, 1.165) is 32.6 Å². The number of aromatic nitrogens is 3. The van der Waals surface area contributed by atoms with E-state index in [1.54, 1.807) is 17.4 Å². The Hall–Kier alpha value is -2.41. The van der Waals surface area contributed by atoms with E-state index >= 15 is 0 Å². The van der Waals surface area contributed by atoms with Gasteiger partial charge in [-0.1, -0.05) is 11.3 Å². The van der Waals surface area contributed by atoms with Gasteiger partial charge in [-0.3, -0.25) is 4.79 Å². The number of fused-ring (bicyclic) bond motifs is 1. The molecule has 0 atom stereocenters. The summed E-state index contributed by atoms with van der Waals surface area (Å²) in [6, 6.07) is 5.51. The molecule has 22 heavy (non-hydrogen) atoms. The summed E-state index contributed by atoms with van der Waals surface area (Å²) in [6.07, 6.45) is 0. The molecule has 0 radical (unpaired) electrons. The average Bonchev–Trinajstić information content (AvgIpc) is 2.91. The fourth-order valence-electron chi connectivity index (χ4n) is 2.43. The molecule has 0 bridgehead atoms. The summed E-state index contributed by atoms with van der Waals surface area (Å²) in [7, 11) is 0. The van der Waals surface area contributed by atoms with Crippen molar-refractivity contribution in [2.45, 2.75) is 27.3 Å². The number of amides is 1. The SMILES string of the molecule is Cc1nn2c(CNc3ccc(C(N)=O)c(C)c3)c(C)nc2s1. The summed E-state index contributed by atoms with van der Waals surface area (Å²) >= 11 is 1.58. The first-order valence-electron chi connectivity index (χ1n) is 6.91. The Morgan fingerprint density at radius 1 is 1.36 bits per heavy atom. The Labute approximate surface area is 132 Å². The number of carbonyl (C=O) groups is 1. The number of rotatable bonds is 4. The first-order chi connectivity index (χ1) is 10.5. The van der Waals surface area contributed by atoms with Crippen LogP contribution in [-0.4, -0.2) is 20.5 Å². The van der Waals surface area contributed by atoms with Crippen LogP contribution in [0.3, 0.4) is 0 Å². The van der Waals surface area contributed by atoms with Crippen LogP contribution in [0.4, 0.5) is 5.69 Å². The van der Waals surface area contributed by atoms with E-state index < -0.39 is 5.91 Å². The van der Waals surface area contributed by atoms with Crippen LogP contribution < -0.4 is 11.1 Å². The highest BCUT2D eigenvalue weighted by Crippen LogP contribution is 2.20. The number of nitrogens with two attached hydrogens (primary N) is 1. The van der Waals surface area contributed by atoms with Crippen molar-refractivity contribution >= 4 is 27.9 Å². The van der Waals surface area contributed by atoms with E-state index in [4.69, 9.17) is 5.73 Å². The molecule has 0 aliphatic heterocycles. The van der Waals surface area contributed by atoms with E-state index in [-0.39, 0.29) is 0 Å². The molecule has 2 heterocycles. The lowest BCUT2D eigenvalue weighted by molar-refractivity contribution is 0.1000. The van der Waals surface area contributed by atoms with Gasteiger partial charge >= 0.3 is 0 Å². The highest BCUT2D eigenvalue weighted by atomic mass is 32.1. The first kappa shape index (κ1) is 14.5. The average molecular weight is 315 g/mol. The maximum absolute atomic E-state index is 11.3. The largest absolute Gasteiger partial charge is 0.379 e. The van der Waals surface area contributed by atoms with Crippen molar-refractivity contribution in [3.63, 3.8) is 0 Å². The van der Waals surface area contributed by atoms with Gasteiger partial charge in [0.05, 0.1) is 17.9 Å². The van der Waals surface area contributed by atoms with Crippen LogP contribution in [0.15, 0.2) is 18.2 Å². The third kappa shape index (κ3) is 2.55. The summed E-state index contributed by atoms with van der Waals surface area (Å²) in [5.41, 5.74) is 9.67. The van der Waals surface area contributed by atoms with Gasteiger partial charge in [0.1, 0.15) is 5.01 Å². The molecular weight excluding hydrogens is 298 g/mol. The van der Waals surface area contributed by atoms with Crippen LogP contribution in [-0.2, 0) is 6.54 Å². The van der Waals surface area contributed by atoms with Gasteiger partial charge in [-0.05, 0) is 44.5 Å². The maximum atomic E-state index is 11.3. The number of primary amides is 1. The molecule has 0 aliphatic rings. The highest BCUT2D eigenvalue weighted by molar-refractivity contribution is 7.16.